The number of allylic oxidation sites excluding steroid dienone is 3. The average molecular weight is 456 g/mol. The van der Waals surface area contributed by atoms with E-state index in [-0.39, 0.29) is 30.0 Å². The van der Waals surface area contributed by atoms with Crippen LogP contribution in [0.5, 0.6) is 5.75 Å². The Bertz CT molecular complexity index is 1090. The number of benzene rings is 2. The third-order valence-corrected chi connectivity index (χ3v) is 5.80. The molecule has 1 aliphatic rings. The fourth-order valence-electron chi connectivity index (χ4n) is 3.83. The number of hydrogen-bond donors (Lipinski definition) is 3. The van der Waals surface area contributed by atoms with E-state index in [2.05, 4.69) is 5.32 Å². The van der Waals surface area contributed by atoms with E-state index >= 15 is 0 Å². The number of amides is 2. The summed E-state index contributed by atoms with van der Waals surface area (Å²) < 4.78 is 0. The van der Waals surface area contributed by atoms with Gasteiger partial charge in [-0.15, -0.1) is 12.4 Å². The lowest BCUT2D eigenvalue weighted by atomic mass is 9.92. The van der Waals surface area contributed by atoms with E-state index in [9.17, 15) is 14.7 Å². The smallest absolute Gasteiger partial charge is 0.247 e. The summed E-state index contributed by atoms with van der Waals surface area (Å²) in [6.45, 7) is 7.64. The van der Waals surface area contributed by atoms with Crippen molar-refractivity contribution in [3.63, 3.8) is 0 Å². The predicted octanol–water partition coefficient (Wildman–Crippen LogP) is 4.35. The molecule has 2 aromatic rings. The minimum absolute atomic E-state index is 0. The van der Waals surface area contributed by atoms with Crippen molar-refractivity contribution in [1.82, 2.24) is 4.90 Å². The molecule has 6 nitrogen and oxygen atoms in total. The van der Waals surface area contributed by atoms with Crippen molar-refractivity contribution < 1.29 is 14.7 Å². The van der Waals surface area contributed by atoms with Crippen LogP contribution in [-0.2, 0) is 22.6 Å². The minimum atomic E-state index is -0.660. The third-order valence-electron chi connectivity index (χ3n) is 5.80. The van der Waals surface area contributed by atoms with Gasteiger partial charge in [-0.3, -0.25) is 9.59 Å². The summed E-state index contributed by atoms with van der Waals surface area (Å²) in [5.41, 5.74) is 11.4. The molecule has 0 fully saturated rings. The van der Waals surface area contributed by atoms with Gasteiger partial charge in [0.25, 0.3) is 0 Å². The standard InChI is InChI=1S/C25H29N3O3.ClH/c1-5-6-7-8-23(29)28-14-19-12-20(26)10-9-18(19)13-22(28)25(31)27-21-11-15(2)24(30)17(4)16(21)3;/h5-12,22,30H,13-14,26H2,1-4H3,(H,27,31);1H/b6-5+,8-7+;/t22-;/m0./s1. The van der Waals surface area contributed by atoms with Crippen LogP contribution in [0.25, 0.3) is 0 Å². The average Bonchev–Trinajstić information content (AvgIpc) is 2.75. The maximum Gasteiger partial charge on any atom is 0.247 e. The highest BCUT2D eigenvalue weighted by Gasteiger charge is 2.34. The number of nitrogen functional groups attached to an aromatic ring is 1. The zero-order chi connectivity index (χ0) is 22.7. The molecule has 2 amide bonds. The largest absolute Gasteiger partial charge is 0.507 e. The predicted molar refractivity (Wildman–Crippen MR) is 131 cm³/mol. The van der Waals surface area contributed by atoms with Crippen LogP contribution in [-0.4, -0.2) is 27.9 Å². The fraction of sp³-hybridized carbons (Fsp3) is 0.280. The maximum atomic E-state index is 13.3. The molecule has 1 aliphatic heterocycles. The number of carbonyl (C=O) groups is 2. The Morgan fingerprint density at radius 3 is 2.53 bits per heavy atom. The molecule has 0 spiro atoms. The lowest BCUT2D eigenvalue weighted by Gasteiger charge is -2.35. The quantitative estimate of drug-likeness (QED) is 0.276. The lowest BCUT2D eigenvalue weighted by molar-refractivity contribution is -0.136. The van der Waals surface area contributed by atoms with Crippen molar-refractivity contribution in [3.05, 3.63) is 76.4 Å². The van der Waals surface area contributed by atoms with Crippen LogP contribution in [0.15, 0.2) is 48.6 Å². The van der Waals surface area contributed by atoms with Crippen LogP contribution in [0.3, 0.4) is 0 Å². The highest BCUT2D eigenvalue weighted by molar-refractivity contribution is 6.00. The molecular weight excluding hydrogens is 426 g/mol. The van der Waals surface area contributed by atoms with E-state index in [1.165, 1.54) is 6.08 Å². The first-order valence-electron chi connectivity index (χ1n) is 10.3. The molecule has 1 atom stereocenters. The summed E-state index contributed by atoms with van der Waals surface area (Å²) in [5.74, 6) is -0.269. The number of rotatable bonds is 4. The first-order valence-corrected chi connectivity index (χ1v) is 10.3. The van der Waals surface area contributed by atoms with Crippen LogP contribution in [0, 0.1) is 20.8 Å². The summed E-state index contributed by atoms with van der Waals surface area (Å²) in [5, 5.41) is 13.1. The third kappa shape index (κ3) is 5.14. The number of hydrogen-bond acceptors (Lipinski definition) is 4. The number of phenols is 1. The van der Waals surface area contributed by atoms with E-state index < -0.39 is 6.04 Å². The first-order chi connectivity index (χ1) is 14.7. The van der Waals surface area contributed by atoms with E-state index in [1.54, 1.807) is 30.0 Å². The highest BCUT2D eigenvalue weighted by atomic mass is 35.5. The zero-order valence-corrected chi connectivity index (χ0v) is 19.6. The SMILES string of the molecule is C/C=C/C=C/C(=O)N1Cc2cc(N)ccc2C[C@H]1C(=O)Nc1cc(C)c(O)c(C)c1C.Cl. The Morgan fingerprint density at radius 2 is 1.84 bits per heavy atom. The Balaban J connectivity index is 0.00000363. The Morgan fingerprint density at radius 1 is 1.12 bits per heavy atom. The van der Waals surface area contributed by atoms with Gasteiger partial charge in [0.05, 0.1) is 0 Å². The number of aromatic hydroxyl groups is 1. The zero-order valence-electron chi connectivity index (χ0n) is 18.8. The van der Waals surface area contributed by atoms with Crippen LogP contribution < -0.4 is 11.1 Å². The molecule has 0 unspecified atom stereocenters. The fourth-order valence-corrected chi connectivity index (χ4v) is 3.83. The molecule has 7 heteroatoms. The number of nitrogens with zero attached hydrogens (tertiary/aromatic N) is 1. The van der Waals surface area contributed by atoms with Crippen molar-refractivity contribution in [2.24, 2.45) is 0 Å². The topological polar surface area (TPSA) is 95.7 Å². The van der Waals surface area contributed by atoms with Crippen LogP contribution in [0.2, 0.25) is 0 Å². The van der Waals surface area contributed by atoms with Crippen molar-refractivity contribution >= 4 is 35.6 Å². The summed E-state index contributed by atoms with van der Waals surface area (Å²) in [4.78, 5) is 27.8. The number of fused-ring (bicyclic) bond motifs is 1. The summed E-state index contributed by atoms with van der Waals surface area (Å²) >= 11 is 0. The highest BCUT2D eigenvalue weighted by Crippen LogP contribution is 2.32. The van der Waals surface area contributed by atoms with Crippen LogP contribution >= 0.6 is 12.4 Å². The van der Waals surface area contributed by atoms with Crippen molar-refractivity contribution in [2.45, 2.75) is 46.7 Å². The second kappa shape index (κ2) is 10.4. The van der Waals surface area contributed by atoms with Gasteiger partial charge in [0.2, 0.25) is 11.8 Å². The second-order valence-electron chi connectivity index (χ2n) is 7.93. The lowest BCUT2D eigenvalue weighted by Crippen LogP contribution is -2.50. The molecular formula is C25H30ClN3O3. The number of aryl methyl sites for hydroxylation is 1. The van der Waals surface area contributed by atoms with Crippen LogP contribution in [0.4, 0.5) is 11.4 Å². The van der Waals surface area contributed by atoms with Gasteiger partial charge in [-0.1, -0.05) is 24.3 Å². The van der Waals surface area contributed by atoms with E-state index in [0.717, 1.165) is 22.3 Å². The van der Waals surface area contributed by atoms with Crippen molar-refractivity contribution in [2.75, 3.05) is 11.1 Å². The molecule has 0 saturated heterocycles. The second-order valence-corrected chi connectivity index (χ2v) is 7.93. The van der Waals surface area contributed by atoms with Gasteiger partial charge in [-0.2, -0.15) is 0 Å². The molecule has 4 N–H and O–H groups in total. The number of nitrogens with one attached hydrogen (secondary N) is 1. The minimum Gasteiger partial charge on any atom is -0.507 e. The number of phenolic OH excluding ortho intramolecular Hbond substituents is 1. The summed E-state index contributed by atoms with van der Waals surface area (Å²) in [6.07, 6.45) is 7.15. The number of nitrogens with two attached hydrogens (primary N) is 1. The molecule has 32 heavy (non-hydrogen) atoms. The van der Waals surface area contributed by atoms with Gasteiger partial charge < -0.3 is 21.1 Å². The van der Waals surface area contributed by atoms with Gasteiger partial charge in [0, 0.05) is 30.4 Å². The normalized spacial score (nSPS) is 15.5. The number of carbonyl (C=O) groups excluding carboxylic acids is 2. The van der Waals surface area contributed by atoms with Gasteiger partial charge in [0.1, 0.15) is 11.8 Å². The molecule has 2 aromatic carbocycles. The van der Waals surface area contributed by atoms with Crippen LogP contribution in [0.1, 0.15) is 34.7 Å². The summed E-state index contributed by atoms with van der Waals surface area (Å²) in [7, 11) is 0. The Labute approximate surface area is 195 Å². The summed E-state index contributed by atoms with van der Waals surface area (Å²) in [6, 6.07) is 6.69. The number of anilines is 2. The molecule has 0 radical (unpaired) electrons. The molecule has 0 bridgehead atoms. The van der Waals surface area contributed by atoms with Crippen molar-refractivity contribution in [3.8, 4) is 5.75 Å². The number of halogens is 1. The molecule has 0 saturated carbocycles. The van der Waals surface area contributed by atoms with E-state index in [4.69, 9.17) is 5.73 Å². The first kappa shape index (κ1) is 25.0. The molecule has 170 valence electrons. The van der Waals surface area contributed by atoms with E-state index in [1.807, 2.05) is 45.0 Å². The molecule has 3 rings (SSSR count). The molecule has 0 aromatic heterocycles. The van der Waals surface area contributed by atoms with E-state index in [0.29, 0.717) is 29.9 Å². The van der Waals surface area contributed by atoms with Gasteiger partial charge >= 0.3 is 0 Å². The van der Waals surface area contributed by atoms with Gasteiger partial charge in [-0.25, -0.2) is 0 Å². The van der Waals surface area contributed by atoms with Gasteiger partial charge in [-0.05, 0) is 73.7 Å². The molecule has 1 heterocycles. The van der Waals surface area contributed by atoms with Crippen molar-refractivity contribution in [1.29, 1.82) is 0 Å². The Hall–Kier alpha value is -3.25. The van der Waals surface area contributed by atoms with Gasteiger partial charge in [0.15, 0.2) is 0 Å². The maximum absolute atomic E-state index is 13.3. The Kier molecular flexibility index (Phi) is 8.11. The molecule has 0 aliphatic carbocycles. The monoisotopic (exact) mass is 455 g/mol.